The van der Waals surface area contributed by atoms with Gasteiger partial charge in [-0.15, -0.1) is 0 Å². The number of halogens is 1. The molecule has 1 unspecified atom stereocenters. The first kappa shape index (κ1) is 20.6. The van der Waals surface area contributed by atoms with E-state index in [0.717, 1.165) is 0 Å². The van der Waals surface area contributed by atoms with Gasteiger partial charge in [0.25, 0.3) is 0 Å². The molecule has 0 radical (unpaired) electrons. The average molecular weight is 392 g/mol. The maximum atomic E-state index is 12.1. The van der Waals surface area contributed by atoms with Gasteiger partial charge in [0.05, 0.1) is 7.11 Å². The topological polar surface area (TPSA) is 110 Å². The minimum absolute atomic E-state index is 0.0885. The van der Waals surface area contributed by atoms with Crippen molar-refractivity contribution in [3.8, 4) is 5.75 Å². The Morgan fingerprint density at radius 1 is 1.15 bits per heavy atom. The first-order chi connectivity index (χ1) is 12.8. The molecule has 0 saturated carbocycles. The van der Waals surface area contributed by atoms with Crippen LogP contribution in [0.1, 0.15) is 30.4 Å². The molecule has 0 aliphatic rings. The summed E-state index contributed by atoms with van der Waals surface area (Å²) in [7, 11) is 1.52. The van der Waals surface area contributed by atoms with Crippen LogP contribution in [0, 0.1) is 5.41 Å². The number of rotatable bonds is 8. The Morgan fingerprint density at radius 2 is 1.74 bits per heavy atom. The standard InChI is InChI=1S/C20H22ClNO5/c1-3-20(18(23)24,19(25)26)16(12-4-7-15(27-2)8-5-12)11-13-10-14(21)6-9-17(13)22/h4-10,16H,3,11,22H2,1-2H3,(H,23,24)(H,25,26). The SMILES string of the molecule is CCC(C(=O)O)(C(=O)O)C(Cc1cc(Cl)ccc1N)c1ccc(OC)cc1. The molecule has 0 bridgehead atoms. The molecule has 0 saturated heterocycles. The Labute approximate surface area is 162 Å². The summed E-state index contributed by atoms with van der Waals surface area (Å²) in [5, 5.41) is 20.2. The molecule has 144 valence electrons. The van der Waals surface area contributed by atoms with Gasteiger partial charge in [0.15, 0.2) is 5.41 Å². The van der Waals surface area contributed by atoms with E-state index in [0.29, 0.717) is 27.6 Å². The predicted octanol–water partition coefficient (Wildman–Crippen LogP) is 3.82. The maximum absolute atomic E-state index is 12.1. The van der Waals surface area contributed by atoms with Crippen LogP contribution in [-0.4, -0.2) is 29.3 Å². The highest BCUT2D eigenvalue weighted by atomic mass is 35.5. The number of nitrogens with two attached hydrogens (primary N) is 1. The van der Waals surface area contributed by atoms with Gasteiger partial charge in [0.2, 0.25) is 0 Å². The fourth-order valence-corrected chi connectivity index (χ4v) is 3.52. The first-order valence-corrected chi connectivity index (χ1v) is 8.78. The van der Waals surface area contributed by atoms with Crippen LogP contribution in [0.2, 0.25) is 5.02 Å². The van der Waals surface area contributed by atoms with Crippen molar-refractivity contribution in [3.05, 3.63) is 58.6 Å². The lowest BCUT2D eigenvalue weighted by Gasteiger charge is -2.33. The Bertz CT molecular complexity index is 821. The molecule has 1 atom stereocenters. The van der Waals surface area contributed by atoms with E-state index < -0.39 is 23.3 Å². The second-order valence-corrected chi connectivity index (χ2v) is 6.74. The van der Waals surface area contributed by atoms with Crippen molar-refractivity contribution in [2.45, 2.75) is 25.7 Å². The Kier molecular flexibility index (Phi) is 6.33. The summed E-state index contributed by atoms with van der Waals surface area (Å²) in [6.07, 6.45) is 0.0278. The molecule has 7 heteroatoms. The molecule has 2 aromatic rings. The molecule has 0 aliphatic heterocycles. The van der Waals surface area contributed by atoms with E-state index in [4.69, 9.17) is 22.1 Å². The summed E-state index contributed by atoms with van der Waals surface area (Å²) in [6, 6.07) is 11.6. The molecular weight excluding hydrogens is 370 g/mol. The molecule has 27 heavy (non-hydrogen) atoms. The number of methoxy groups -OCH3 is 1. The van der Waals surface area contributed by atoms with E-state index in [9.17, 15) is 19.8 Å². The Morgan fingerprint density at radius 3 is 2.22 bits per heavy atom. The van der Waals surface area contributed by atoms with E-state index in [1.165, 1.54) is 7.11 Å². The largest absolute Gasteiger partial charge is 0.497 e. The molecule has 0 aromatic heterocycles. The van der Waals surface area contributed by atoms with E-state index in [1.54, 1.807) is 49.4 Å². The molecule has 0 fully saturated rings. The van der Waals surface area contributed by atoms with Gasteiger partial charge in [0.1, 0.15) is 5.75 Å². The first-order valence-electron chi connectivity index (χ1n) is 8.40. The number of hydrogen-bond acceptors (Lipinski definition) is 4. The van der Waals surface area contributed by atoms with Crippen LogP contribution in [0.3, 0.4) is 0 Å². The quantitative estimate of drug-likeness (QED) is 0.466. The van der Waals surface area contributed by atoms with Crippen molar-refractivity contribution in [2.24, 2.45) is 5.41 Å². The van der Waals surface area contributed by atoms with Gasteiger partial charge in [-0.2, -0.15) is 0 Å². The van der Waals surface area contributed by atoms with Gasteiger partial charge < -0.3 is 20.7 Å². The number of benzene rings is 2. The van der Waals surface area contributed by atoms with E-state index >= 15 is 0 Å². The summed E-state index contributed by atoms with van der Waals surface area (Å²) < 4.78 is 5.14. The third kappa shape index (κ3) is 4.01. The molecule has 2 rings (SSSR count). The molecule has 2 aromatic carbocycles. The molecule has 0 amide bonds. The lowest BCUT2D eigenvalue weighted by Crippen LogP contribution is -2.45. The van der Waals surface area contributed by atoms with Gasteiger partial charge >= 0.3 is 11.9 Å². The average Bonchev–Trinajstić information content (AvgIpc) is 2.64. The molecular formula is C20H22ClNO5. The summed E-state index contributed by atoms with van der Waals surface area (Å²) in [5.41, 5.74) is 5.62. The van der Waals surface area contributed by atoms with Gasteiger partial charge in [-0.1, -0.05) is 30.7 Å². The Balaban J connectivity index is 2.64. The second kappa shape index (κ2) is 8.31. The number of carboxylic acids is 2. The normalized spacial score (nSPS) is 12.4. The maximum Gasteiger partial charge on any atom is 0.321 e. The molecule has 4 N–H and O–H groups in total. The van der Waals surface area contributed by atoms with Crippen LogP contribution in [0.25, 0.3) is 0 Å². The lowest BCUT2D eigenvalue weighted by atomic mass is 9.67. The summed E-state index contributed by atoms with van der Waals surface area (Å²) in [6.45, 7) is 1.56. The highest BCUT2D eigenvalue weighted by molar-refractivity contribution is 6.30. The highest BCUT2D eigenvalue weighted by Crippen LogP contribution is 2.43. The van der Waals surface area contributed by atoms with Crippen molar-refractivity contribution in [2.75, 3.05) is 12.8 Å². The van der Waals surface area contributed by atoms with Gasteiger partial charge in [-0.25, -0.2) is 0 Å². The fraction of sp³-hybridized carbons (Fsp3) is 0.300. The van der Waals surface area contributed by atoms with Crippen LogP contribution in [0.4, 0.5) is 5.69 Å². The number of ether oxygens (including phenoxy) is 1. The van der Waals surface area contributed by atoms with Crippen molar-refractivity contribution in [1.29, 1.82) is 0 Å². The lowest BCUT2D eigenvalue weighted by molar-refractivity contribution is -0.167. The number of nitrogen functional groups attached to an aromatic ring is 1. The van der Waals surface area contributed by atoms with Gasteiger partial charge in [-0.3, -0.25) is 9.59 Å². The van der Waals surface area contributed by atoms with Crippen LogP contribution in [0.5, 0.6) is 5.75 Å². The zero-order valence-electron chi connectivity index (χ0n) is 15.1. The highest BCUT2D eigenvalue weighted by Gasteiger charge is 2.52. The fourth-order valence-electron chi connectivity index (χ4n) is 3.32. The number of anilines is 1. The molecule has 0 spiro atoms. The van der Waals surface area contributed by atoms with Crippen molar-refractivity contribution >= 4 is 29.2 Å². The van der Waals surface area contributed by atoms with E-state index in [2.05, 4.69) is 0 Å². The minimum atomic E-state index is -2.01. The summed E-state index contributed by atoms with van der Waals surface area (Å²) in [5.74, 6) is -3.05. The van der Waals surface area contributed by atoms with Gasteiger partial charge in [0, 0.05) is 16.6 Å². The van der Waals surface area contributed by atoms with Crippen LogP contribution >= 0.6 is 11.6 Å². The van der Waals surface area contributed by atoms with Crippen molar-refractivity contribution < 1.29 is 24.5 Å². The zero-order chi connectivity index (χ0) is 20.2. The molecule has 0 heterocycles. The Hall–Kier alpha value is -2.73. The van der Waals surface area contributed by atoms with Crippen LogP contribution in [0.15, 0.2) is 42.5 Å². The summed E-state index contributed by atoms with van der Waals surface area (Å²) in [4.78, 5) is 24.2. The third-order valence-electron chi connectivity index (χ3n) is 4.96. The number of carbonyl (C=O) groups is 2. The van der Waals surface area contributed by atoms with Crippen molar-refractivity contribution in [3.63, 3.8) is 0 Å². The van der Waals surface area contributed by atoms with Crippen molar-refractivity contribution in [1.82, 2.24) is 0 Å². The summed E-state index contributed by atoms with van der Waals surface area (Å²) >= 11 is 6.05. The second-order valence-electron chi connectivity index (χ2n) is 6.31. The minimum Gasteiger partial charge on any atom is -0.497 e. The van der Waals surface area contributed by atoms with E-state index in [1.807, 2.05) is 0 Å². The molecule has 0 aliphatic carbocycles. The van der Waals surface area contributed by atoms with Crippen LogP contribution < -0.4 is 10.5 Å². The van der Waals surface area contributed by atoms with Gasteiger partial charge in [-0.05, 0) is 54.3 Å². The third-order valence-corrected chi connectivity index (χ3v) is 5.20. The van der Waals surface area contributed by atoms with E-state index in [-0.39, 0.29) is 12.8 Å². The number of carboxylic acid groups (broad SMARTS) is 2. The predicted molar refractivity (Wildman–Crippen MR) is 103 cm³/mol. The zero-order valence-corrected chi connectivity index (χ0v) is 15.9. The number of aliphatic carboxylic acids is 2. The monoisotopic (exact) mass is 391 g/mol. The number of hydrogen-bond donors (Lipinski definition) is 3. The smallest absolute Gasteiger partial charge is 0.321 e. The van der Waals surface area contributed by atoms with Crippen LogP contribution in [-0.2, 0) is 16.0 Å². The molecule has 6 nitrogen and oxygen atoms in total.